The predicted molar refractivity (Wildman–Crippen MR) is 207 cm³/mol. The van der Waals surface area contributed by atoms with Crippen LogP contribution < -0.4 is 27.0 Å². The van der Waals surface area contributed by atoms with Gasteiger partial charge in [-0.15, -0.1) is 5.10 Å². The number of rotatable bonds is 15. The van der Waals surface area contributed by atoms with E-state index in [0.29, 0.717) is 31.4 Å². The van der Waals surface area contributed by atoms with E-state index in [9.17, 15) is 28.8 Å². The number of likely N-dealkylation sites (N-methyl/N-ethyl adjacent to an activating group) is 1. The molecule has 6 atom stereocenters. The maximum absolute atomic E-state index is 14.2. The Labute approximate surface area is 326 Å². The first-order valence-electron chi connectivity index (χ1n) is 20.6. The van der Waals surface area contributed by atoms with E-state index in [1.807, 2.05) is 13.8 Å². The normalized spacial score (nSPS) is 26.0. The Hall–Kier alpha value is -4.08. The molecule has 16 nitrogen and oxygen atoms in total. The third-order valence-electron chi connectivity index (χ3n) is 10.9. The van der Waals surface area contributed by atoms with Crippen LogP contribution in [0, 0.1) is 17.8 Å². The number of nitrogens with two attached hydrogens (primary N) is 1. The van der Waals surface area contributed by atoms with E-state index < -0.39 is 72.3 Å². The van der Waals surface area contributed by atoms with Crippen LogP contribution in [0.15, 0.2) is 6.20 Å². The van der Waals surface area contributed by atoms with Crippen LogP contribution in [0.1, 0.15) is 130 Å². The van der Waals surface area contributed by atoms with Gasteiger partial charge in [0, 0.05) is 26.2 Å². The molecule has 5 amide bonds. The number of unbranched alkanes of at least 4 members (excludes halogenated alkanes) is 7. The van der Waals surface area contributed by atoms with Crippen LogP contribution in [-0.2, 0) is 39.9 Å². The molecule has 0 radical (unpaired) electrons. The molecule has 1 aliphatic carbocycles. The number of nitrogens with zero attached hydrogens (tertiary/aromatic N) is 3. The fraction of sp³-hybridized carbons (Fsp3) is 0.795. The van der Waals surface area contributed by atoms with Crippen molar-refractivity contribution in [1.82, 2.24) is 41.6 Å². The summed E-state index contributed by atoms with van der Waals surface area (Å²) in [6.45, 7) is 6.97. The number of nitrogens with one attached hydrogen (secondary N) is 5. The lowest BCUT2D eigenvalue weighted by Gasteiger charge is -2.36. The quantitative estimate of drug-likeness (QED) is 0.113. The summed E-state index contributed by atoms with van der Waals surface area (Å²) >= 11 is 0. The van der Waals surface area contributed by atoms with Gasteiger partial charge in [-0.1, -0.05) is 97.1 Å². The minimum Gasteiger partial charge on any atom is -0.460 e. The van der Waals surface area contributed by atoms with Crippen LogP contribution >= 0.6 is 0 Å². The van der Waals surface area contributed by atoms with Crippen LogP contribution in [0.3, 0.4) is 0 Å². The number of hydrogen-bond acceptors (Lipinski definition) is 10. The molecular formula is C39H67N9O7. The Morgan fingerprint density at radius 2 is 1.51 bits per heavy atom. The smallest absolute Gasteiger partial charge is 0.325 e. The Kier molecular flexibility index (Phi) is 19.6. The monoisotopic (exact) mass is 774 g/mol. The maximum atomic E-state index is 14.2. The zero-order valence-electron chi connectivity index (χ0n) is 33.7. The Balaban J connectivity index is 1.96. The molecule has 2 fully saturated rings. The molecule has 1 saturated carbocycles. The maximum Gasteiger partial charge on any atom is 0.325 e. The molecular weight excluding hydrogens is 706 g/mol. The zero-order valence-corrected chi connectivity index (χ0v) is 33.7. The number of amides is 5. The highest BCUT2D eigenvalue weighted by atomic mass is 16.5. The van der Waals surface area contributed by atoms with Gasteiger partial charge in [-0.25, -0.2) is 0 Å². The molecule has 55 heavy (non-hydrogen) atoms. The molecule has 1 saturated heterocycles. The number of ether oxygens (including phenoxy) is 1. The molecule has 2 aliphatic rings. The first-order valence-corrected chi connectivity index (χ1v) is 20.6. The molecule has 0 aromatic carbocycles. The van der Waals surface area contributed by atoms with Gasteiger partial charge in [0.2, 0.25) is 29.5 Å². The number of carbonyl (C=O) groups is 6. The average Bonchev–Trinajstić information content (AvgIpc) is 3.69. The van der Waals surface area contributed by atoms with E-state index >= 15 is 0 Å². The van der Waals surface area contributed by atoms with Gasteiger partial charge in [-0.2, -0.15) is 0 Å². The topological polar surface area (TPSA) is 231 Å². The van der Waals surface area contributed by atoms with E-state index in [2.05, 4.69) is 43.6 Å². The van der Waals surface area contributed by atoms with Crippen molar-refractivity contribution < 1.29 is 33.5 Å². The van der Waals surface area contributed by atoms with Crippen LogP contribution in [0.2, 0.25) is 0 Å². The highest BCUT2D eigenvalue weighted by Gasteiger charge is 2.39. The van der Waals surface area contributed by atoms with Crippen molar-refractivity contribution in [2.24, 2.45) is 23.5 Å². The highest BCUT2D eigenvalue weighted by molar-refractivity contribution is 5.96. The Bertz CT molecular complexity index is 1370. The summed E-state index contributed by atoms with van der Waals surface area (Å²) in [5.41, 5.74) is 6.36. The number of aromatic amines is 1. The largest absolute Gasteiger partial charge is 0.460 e. The van der Waals surface area contributed by atoms with Gasteiger partial charge in [0.1, 0.15) is 36.8 Å². The Morgan fingerprint density at radius 3 is 2.13 bits per heavy atom. The number of hydrogen-bond donors (Lipinski definition) is 6. The van der Waals surface area contributed by atoms with Crippen LogP contribution in [0.25, 0.3) is 0 Å². The molecule has 0 spiro atoms. The van der Waals surface area contributed by atoms with Crippen molar-refractivity contribution in [3.8, 4) is 0 Å². The van der Waals surface area contributed by atoms with Gasteiger partial charge in [0.05, 0.1) is 11.6 Å². The third kappa shape index (κ3) is 14.8. The van der Waals surface area contributed by atoms with E-state index in [4.69, 9.17) is 10.5 Å². The van der Waals surface area contributed by atoms with Crippen LogP contribution in [-0.4, -0.2) is 106 Å². The second-order valence-corrected chi connectivity index (χ2v) is 15.8. The van der Waals surface area contributed by atoms with Gasteiger partial charge >= 0.3 is 5.97 Å². The average molecular weight is 774 g/mol. The number of cyclic esters (lactones) is 1. The van der Waals surface area contributed by atoms with Crippen molar-refractivity contribution >= 4 is 35.5 Å². The van der Waals surface area contributed by atoms with Gasteiger partial charge < -0.3 is 36.6 Å². The molecule has 1 aromatic heterocycles. The lowest BCUT2D eigenvalue weighted by molar-refractivity contribution is -0.157. The summed E-state index contributed by atoms with van der Waals surface area (Å²) in [7, 11) is 1.57. The van der Waals surface area contributed by atoms with Gasteiger partial charge in [0.15, 0.2) is 0 Å². The van der Waals surface area contributed by atoms with Gasteiger partial charge in [-0.3, -0.25) is 33.9 Å². The highest BCUT2D eigenvalue weighted by Crippen LogP contribution is 2.28. The van der Waals surface area contributed by atoms with Gasteiger partial charge in [0.25, 0.3) is 0 Å². The summed E-state index contributed by atoms with van der Waals surface area (Å²) in [5, 5.41) is 21.1. The molecule has 1 aliphatic heterocycles. The summed E-state index contributed by atoms with van der Waals surface area (Å²) in [4.78, 5) is 84.3. The molecule has 7 N–H and O–H groups in total. The van der Waals surface area contributed by atoms with Crippen molar-refractivity contribution in [2.45, 2.75) is 161 Å². The number of carbonyl (C=O) groups excluding carboxylic acids is 6. The molecule has 310 valence electrons. The number of H-pyrrole nitrogens is 1. The molecule has 2 heterocycles. The summed E-state index contributed by atoms with van der Waals surface area (Å²) in [6, 6.07) is -4.37. The fourth-order valence-electron chi connectivity index (χ4n) is 7.53. The molecule has 0 bridgehead atoms. The zero-order chi connectivity index (χ0) is 40.3. The lowest BCUT2D eigenvalue weighted by atomic mass is 9.83. The second-order valence-electron chi connectivity index (χ2n) is 15.8. The van der Waals surface area contributed by atoms with E-state index in [1.165, 1.54) is 36.8 Å². The molecule has 1 aromatic rings. The van der Waals surface area contributed by atoms with E-state index in [-0.39, 0.29) is 30.7 Å². The molecule has 0 unspecified atom stereocenters. The van der Waals surface area contributed by atoms with Crippen LogP contribution in [0.4, 0.5) is 0 Å². The van der Waals surface area contributed by atoms with Crippen LogP contribution in [0.5, 0.6) is 0 Å². The van der Waals surface area contributed by atoms with Crippen molar-refractivity contribution in [3.63, 3.8) is 0 Å². The van der Waals surface area contributed by atoms with E-state index in [0.717, 1.165) is 44.9 Å². The van der Waals surface area contributed by atoms with Gasteiger partial charge in [-0.05, 0) is 43.9 Å². The SMILES string of the molecule is CCCCCCCCCC[C@H]1OC(=O)CNC(=O)[C@H](Cc2c[nH]nn2)NC(=O)[C@H](CN)NC(=O)[C@H](C2CCCCC2)NC(=O)[C@H](CC(C)C)N(C)C(=O)[C@@H]1C. The van der Waals surface area contributed by atoms with Crippen molar-refractivity contribution in [3.05, 3.63) is 11.9 Å². The second kappa shape index (κ2) is 23.8. The molecule has 3 rings (SSSR count). The fourth-order valence-corrected chi connectivity index (χ4v) is 7.53. The lowest BCUT2D eigenvalue weighted by Crippen LogP contribution is -2.61. The predicted octanol–water partition coefficient (Wildman–Crippen LogP) is 2.42. The minimum atomic E-state index is -1.25. The summed E-state index contributed by atoms with van der Waals surface area (Å²) < 4.78 is 5.92. The van der Waals surface area contributed by atoms with E-state index in [1.54, 1.807) is 14.0 Å². The number of aromatic nitrogens is 3. The summed E-state index contributed by atoms with van der Waals surface area (Å²) in [5.74, 6) is -4.57. The first kappa shape index (κ1) is 45.3. The molecule has 16 heteroatoms. The minimum absolute atomic E-state index is 0.0231. The third-order valence-corrected chi connectivity index (χ3v) is 10.9. The summed E-state index contributed by atoms with van der Waals surface area (Å²) in [6.07, 6.45) is 14.0. The standard InChI is InChI=1S/C39H67N9O7/c1-6-7-8-9-10-11-12-16-19-32-26(4)39(54)48(5)31(20-25(2)3)37(52)45-34(27-17-14-13-15-18-27)38(53)44-30(22-40)36(51)43-29(21-28-23-42-47-46-28)35(50)41-24-33(49)55-32/h23,25-27,29-32,34H,6-22,24,40H2,1-5H3,(H,41,50)(H,43,51)(H,44,53)(H,45,52)(H,42,46,47)/t26-,29+,30+,31+,32-,34+/m1/s1. The first-order chi connectivity index (χ1) is 26.4. The number of esters is 1. The van der Waals surface area contributed by atoms with Crippen molar-refractivity contribution in [1.29, 1.82) is 0 Å². The van der Waals surface area contributed by atoms with Crippen molar-refractivity contribution in [2.75, 3.05) is 20.1 Å². The Morgan fingerprint density at radius 1 is 0.855 bits per heavy atom.